The van der Waals surface area contributed by atoms with Gasteiger partial charge in [0.25, 0.3) is 0 Å². The minimum atomic E-state index is -1.15. The minimum absolute atomic E-state index is 0.277. The maximum absolute atomic E-state index is 13.5. The number of carbonyl (C=O) groups excluding carboxylic acids is 1. The van der Waals surface area contributed by atoms with Gasteiger partial charge in [0, 0.05) is 5.56 Å². The van der Waals surface area contributed by atoms with Crippen LogP contribution in [0.2, 0.25) is 0 Å². The second-order valence-electron chi connectivity index (χ2n) is 3.35. The van der Waals surface area contributed by atoms with E-state index in [0.29, 0.717) is 0 Å². The molecule has 1 N–H and O–H groups in total. The smallest absolute Gasteiger partial charge is 0.330 e. The van der Waals surface area contributed by atoms with Crippen molar-refractivity contribution >= 4 is 5.97 Å². The van der Waals surface area contributed by atoms with Gasteiger partial charge in [-0.2, -0.15) is 0 Å². The van der Waals surface area contributed by atoms with Gasteiger partial charge >= 0.3 is 5.97 Å². The maximum atomic E-state index is 13.5. The molecule has 0 aromatic heterocycles. The number of carbonyl (C=O) groups is 1. The highest BCUT2D eigenvalue weighted by Gasteiger charge is 2.36. The fourth-order valence-corrected chi connectivity index (χ4v) is 1.42. The number of nitrogens with one attached hydrogen (secondary N) is 1. The van der Waals surface area contributed by atoms with E-state index in [2.05, 4.69) is 10.1 Å². The van der Waals surface area contributed by atoms with Gasteiger partial charge in [0.05, 0.1) is 7.11 Å². The van der Waals surface area contributed by atoms with E-state index in [1.54, 1.807) is 32.2 Å². The van der Waals surface area contributed by atoms with Gasteiger partial charge in [-0.3, -0.25) is 0 Å². The van der Waals surface area contributed by atoms with Crippen LogP contribution in [0.5, 0.6) is 0 Å². The molecule has 0 aliphatic rings. The number of likely N-dealkylation sites (N-methyl/N-ethyl adjacent to an activating group) is 1. The van der Waals surface area contributed by atoms with Gasteiger partial charge in [0.1, 0.15) is 11.4 Å². The molecule has 4 heteroatoms. The lowest BCUT2D eigenvalue weighted by atomic mass is 9.92. The predicted molar refractivity (Wildman–Crippen MR) is 54.8 cm³/mol. The Hall–Kier alpha value is -1.42. The first-order valence-corrected chi connectivity index (χ1v) is 4.58. The number of ether oxygens (including phenoxy) is 1. The fourth-order valence-electron chi connectivity index (χ4n) is 1.42. The van der Waals surface area contributed by atoms with Crippen LogP contribution in [0, 0.1) is 5.82 Å². The van der Waals surface area contributed by atoms with E-state index in [4.69, 9.17) is 0 Å². The van der Waals surface area contributed by atoms with Crippen molar-refractivity contribution in [2.24, 2.45) is 0 Å². The highest BCUT2D eigenvalue weighted by molar-refractivity contribution is 5.82. The lowest BCUT2D eigenvalue weighted by Gasteiger charge is -2.26. The third-order valence-electron chi connectivity index (χ3n) is 2.51. The summed E-state index contributed by atoms with van der Waals surface area (Å²) in [4.78, 5) is 11.6. The second-order valence-corrected chi connectivity index (χ2v) is 3.35. The number of esters is 1. The third-order valence-corrected chi connectivity index (χ3v) is 2.51. The Morgan fingerprint density at radius 3 is 2.53 bits per heavy atom. The molecule has 0 bridgehead atoms. The molecule has 1 unspecified atom stereocenters. The molecule has 1 aromatic rings. The van der Waals surface area contributed by atoms with E-state index in [-0.39, 0.29) is 5.56 Å². The van der Waals surface area contributed by atoms with Gasteiger partial charge < -0.3 is 10.1 Å². The van der Waals surface area contributed by atoms with Crippen molar-refractivity contribution in [1.29, 1.82) is 0 Å². The summed E-state index contributed by atoms with van der Waals surface area (Å²) in [6.07, 6.45) is 0. The summed E-state index contributed by atoms with van der Waals surface area (Å²) in [5.74, 6) is -0.949. The Labute approximate surface area is 88.2 Å². The molecular formula is C11H14FNO2. The van der Waals surface area contributed by atoms with Crippen molar-refractivity contribution in [3.8, 4) is 0 Å². The van der Waals surface area contributed by atoms with Gasteiger partial charge in [0.15, 0.2) is 0 Å². The molecule has 0 heterocycles. The van der Waals surface area contributed by atoms with E-state index < -0.39 is 17.3 Å². The molecule has 1 aromatic carbocycles. The van der Waals surface area contributed by atoms with Crippen molar-refractivity contribution < 1.29 is 13.9 Å². The molecule has 0 spiro atoms. The molecule has 0 saturated heterocycles. The van der Waals surface area contributed by atoms with Crippen LogP contribution >= 0.6 is 0 Å². The van der Waals surface area contributed by atoms with Gasteiger partial charge in [-0.25, -0.2) is 9.18 Å². The Kier molecular flexibility index (Phi) is 3.42. The molecule has 1 rings (SSSR count). The van der Waals surface area contributed by atoms with Crippen LogP contribution in [0.4, 0.5) is 4.39 Å². The van der Waals surface area contributed by atoms with Crippen LogP contribution in [0.15, 0.2) is 24.3 Å². The Morgan fingerprint density at radius 1 is 1.47 bits per heavy atom. The SMILES string of the molecule is CNC(C)(C(=O)OC)c1ccccc1F. The molecule has 0 saturated carbocycles. The van der Waals surface area contributed by atoms with Crippen molar-refractivity contribution in [2.45, 2.75) is 12.5 Å². The Balaban J connectivity index is 3.23. The van der Waals surface area contributed by atoms with Crippen molar-refractivity contribution in [1.82, 2.24) is 5.32 Å². The number of methoxy groups -OCH3 is 1. The third kappa shape index (κ3) is 1.99. The zero-order valence-electron chi connectivity index (χ0n) is 9.00. The van der Waals surface area contributed by atoms with E-state index in [9.17, 15) is 9.18 Å². The maximum Gasteiger partial charge on any atom is 0.330 e. The first kappa shape index (κ1) is 11.7. The predicted octanol–water partition coefficient (Wildman–Crippen LogP) is 1.43. The molecule has 82 valence electrons. The zero-order chi connectivity index (χ0) is 11.5. The van der Waals surface area contributed by atoms with Crippen LogP contribution in [-0.4, -0.2) is 20.1 Å². The standard InChI is InChI=1S/C11H14FNO2/c1-11(13-2,10(14)15-3)8-6-4-5-7-9(8)12/h4-7,13H,1-3H3. The van der Waals surface area contributed by atoms with Crippen LogP contribution < -0.4 is 5.32 Å². The number of hydrogen-bond acceptors (Lipinski definition) is 3. The van der Waals surface area contributed by atoms with Crippen molar-refractivity contribution in [2.75, 3.05) is 14.2 Å². The van der Waals surface area contributed by atoms with E-state index in [1.165, 1.54) is 13.2 Å². The highest BCUT2D eigenvalue weighted by Crippen LogP contribution is 2.24. The molecule has 15 heavy (non-hydrogen) atoms. The van der Waals surface area contributed by atoms with Crippen molar-refractivity contribution in [3.05, 3.63) is 35.6 Å². The van der Waals surface area contributed by atoms with Crippen LogP contribution in [0.25, 0.3) is 0 Å². The summed E-state index contributed by atoms with van der Waals surface area (Å²) in [6.45, 7) is 1.58. The number of rotatable bonds is 3. The normalized spacial score (nSPS) is 14.4. The fraction of sp³-hybridized carbons (Fsp3) is 0.364. The summed E-state index contributed by atoms with van der Waals surface area (Å²) in [5, 5.41) is 2.77. The first-order chi connectivity index (χ1) is 7.06. The molecule has 0 amide bonds. The average molecular weight is 211 g/mol. The van der Waals surface area contributed by atoms with Crippen LogP contribution in [0.1, 0.15) is 12.5 Å². The number of benzene rings is 1. The molecule has 0 aliphatic heterocycles. The van der Waals surface area contributed by atoms with Crippen LogP contribution in [0.3, 0.4) is 0 Å². The highest BCUT2D eigenvalue weighted by atomic mass is 19.1. The number of hydrogen-bond donors (Lipinski definition) is 1. The molecule has 3 nitrogen and oxygen atoms in total. The van der Waals surface area contributed by atoms with E-state index in [0.717, 1.165) is 0 Å². The Bertz CT molecular complexity index is 367. The van der Waals surface area contributed by atoms with E-state index in [1.807, 2.05) is 0 Å². The second kappa shape index (κ2) is 4.40. The quantitative estimate of drug-likeness (QED) is 0.769. The largest absolute Gasteiger partial charge is 0.467 e. The summed E-state index contributed by atoms with van der Waals surface area (Å²) in [7, 11) is 2.86. The first-order valence-electron chi connectivity index (χ1n) is 4.58. The molecular weight excluding hydrogens is 197 g/mol. The minimum Gasteiger partial charge on any atom is -0.467 e. The van der Waals surface area contributed by atoms with Gasteiger partial charge in [-0.1, -0.05) is 18.2 Å². The Morgan fingerprint density at radius 2 is 2.07 bits per heavy atom. The average Bonchev–Trinajstić information content (AvgIpc) is 2.27. The van der Waals surface area contributed by atoms with Gasteiger partial charge in [0.2, 0.25) is 0 Å². The summed E-state index contributed by atoms with van der Waals surface area (Å²) in [6, 6.07) is 6.12. The summed E-state index contributed by atoms with van der Waals surface area (Å²) >= 11 is 0. The molecule has 0 fully saturated rings. The van der Waals surface area contributed by atoms with Crippen molar-refractivity contribution in [3.63, 3.8) is 0 Å². The topological polar surface area (TPSA) is 38.3 Å². The zero-order valence-corrected chi connectivity index (χ0v) is 9.00. The molecule has 0 radical (unpaired) electrons. The molecule has 1 atom stereocenters. The number of halogens is 1. The lowest BCUT2D eigenvalue weighted by Crippen LogP contribution is -2.46. The van der Waals surface area contributed by atoms with Crippen LogP contribution in [-0.2, 0) is 15.1 Å². The van der Waals surface area contributed by atoms with E-state index >= 15 is 0 Å². The lowest BCUT2D eigenvalue weighted by molar-refractivity contribution is -0.148. The summed E-state index contributed by atoms with van der Waals surface area (Å²) in [5.41, 5.74) is -0.876. The monoisotopic (exact) mass is 211 g/mol. The van der Waals surface area contributed by atoms with Gasteiger partial charge in [-0.15, -0.1) is 0 Å². The molecule has 0 aliphatic carbocycles. The van der Waals surface area contributed by atoms with Gasteiger partial charge in [-0.05, 0) is 20.0 Å². The summed E-state index contributed by atoms with van der Waals surface area (Å²) < 4.78 is 18.2.